The van der Waals surface area contributed by atoms with E-state index in [-0.39, 0.29) is 25.1 Å². The van der Waals surface area contributed by atoms with E-state index in [4.69, 9.17) is 9.25 Å². The minimum absolute atomic E-state index is 0.0467. The van der Waals surface area contributed by atoms with Gasteiger partial charge in [-0.25, -0.2) is 4.79 Å². The van der Waals surface area contributed by atoms with Gasteiger partial charge in [0.1, 0.15) is 24.0 Å². The molecule has 0 aliphatic carbocycles. The zero-order chi connectivity index (χ0) is 28.6. The molecule has 1 atom stereocenters. The van der Waals surface area contributed by atoms with Crippen LogP contribution in [0.2, 0.25) is 0 Å². The summed E-state index contributed by atoms with van der Waals surface area (Å²) in [4.78, 5) is 51.1. The lowest BCUT2D eigenvalue weighted by atomic mass is 10.1. The van der Waals surface area contributed by atoms with Crippen LogP contribution in [0.3, 0.4) is 0 Å². The summed E-state index contributed by atoms with van der Waals surface area (Å²) in [6.45, 7) is 2.40. The number of nitrogens with zero attached hydrogens (tertiary/aromatic N) is 3. The van der Waals surface area contributed by atoms with Crippen molar-refractivity contribution >= 4 is 34.1 Å². The van der Waals surface area contributed by atoms with Gasteiger partial charge >= 0.3 is 5.63 Å². The molecule has 0 spiro atoms. The molecule has 9 nitrogen and oxygen atoms in total. The monoisotopic (exact) mass is 552 g/mol. The number of rotatable bonds is 10. The second kappa shape index (κ2) is 13.0. The van der Waals surface area contributed by atoms with Crippen LogP contribution in [0.25, 0.3) is 10.9 Å². The van der Waals surface area contributed by atoms with Crippen LogP contribution in [0.5, 0.6) is 0 Å². The number of unbranched alkanes of at least 4 members (excludes halogenated alkanes) is 2. The molecule has 3 heterocycles. The number of aromatic nitrogens is 1. The van der Waals surface area contributed by atoms with Crippen molar-refractivity contribution in [1.82, 2.24) is 9.88 Å². The molecule has 4 aromatic rings. The summed E-state index contributed by atoms with van der Waals surface area (Å²) in [6.07, 6.45) is 5.48. The minimum Gasteiger partial charge on any atom is -0.427 e. The highest BCUT2D eigenvalue weighted by molar-refractivity contribution is 6.08. The van der Waals surface area contributed by atoms with Crippen molar-refractivity contribution in [2.24, 2.45) is 5.16 Å². The van der Waals surface area contributed by atoms with Crippen molar-refractivity contribution in [2.45, 2.75) is 51.7 Å². The van der Waals surface area contributed by atoms with E-state index in [0.29, 0.717) is 23.6 Å². The zero-order valence-corrected chi connectivity index (χ0v) is 22.9. The van der Waals surface area contributed by atoms with E-state index >= 15 is 0 Å². The van der Waals surface area contributed by atoms with Crippen LogP contribution in [0.4, 0.5) is 5.69 Å². The molecule has 0 saturated carbocycles. The number of hydrogen-bond donors (Lipinski definition) is 1. The molecule has 1 saturated heterocycles. The molecule has 2 aromatic heterocycles. The van der Waals surface area contributed by atoms with E-state index in [1.54, 1.807) is 18.3 Å². The third kappa shape index (κ3) is 6.87. The smallest absolute Gasteiger partial charge is 0.348 e. The van der Waals surface area contributed by atoms with Crippen LogP contribution in [0.1, 0.15) is 54.3 Å². The second-order valence-electron chi connectivity index (χ2n) is 10.0. The number of likely N-dealkylation sites (tertiary alicyclic amines) is 1. The van der Waals surface area contributed by atoms with Crippen LogP contribution in [0.15, 0.2) is 93.4 Å². The maximum atomic E-state index is 13.6. The fraction of sp³-hybridized carbons (Fsp3) is 0.281. The highest BCUT2D eigenvalue weighted by Gasteiger charge is 2.39. The molecule has 1 aliphatic heterocycles. The summed E-state index contributed by atoms with van der Waals surface area (Å²) in [6, 6.07) is 21.0. The molecule has 1 N–H and O–H groups in total. The Balaban J connectivity index is 1.36. The minimum atomic E-state index is -0.894. The van der Waals surface area contributed by atoms with E-state index in [2.05, 4.69) is 22.4 Å². The molecule has 1 aliphatic rings. The van der Waals surface area contributed by atoms with Crippen molar-refractivity contribution in [3.63, 3.8) is 0 Å². The van der Waals surface area contributed by atoms with Gasteiger partial charge < -0.3 is 19.5 Å². The number of oxime groups is 1. The van der Waals surface area contributed by atoms with Crippen LogP contribution in [-0.4, -0.2) is 40.0 Å². The van der Waals surface area contributed by atoms with E-state index in [1.807, 2.05) is 54.6 Å². The second-order valence-corrected chi connectivity index (χ2v) is 10.0. The number of amides is 2. The molecule has 2 amide bonds. The molecule has 1 fully saturated rings. The van der Waals surface area contributed by atoms with Crippen LogP contribution in [0, 0.1) is 0 Å². The van der Waals surface area contributed by atoms with Gasteiger partial charge in [0.15, 0.2) is 0 Å². The first-order chi connectivity index (χ1) is 20.0. The average molecular weight is 553 g/mol. The van der Waals surface area contributed by atoms with Crippen molar-refractivity contribution in [1.29, 1.82) is 0 Å². The van der Waals surface area contributed by atoms with Gasteiger partial charge in [0.25, 0.3) is 5.91 Å². The molecule has 5 rings (SSSR count). The number of anilines is 1. The van der Waals surface area contributed by atoms with Gasteiger partial charge in [-0.1, -0.05) is 61.3 Å². The molecule has 0 radical (unpaired) electrons. The summed E-state index contributed by atoms with van der Waals surface area (Å²) in [5.74, 6) is -0.441. The number of aryl methyl sites for hydroxylation is 1. The number of hydrogen-bond acceptors (Lipinski definition) is 7. The number of fused-ring (bicyclic) bond motifs is 1. The SMILES string of the molecule is CCCCCc1ccc(C(=O)N2CC(=NOCc3ccccc3)C[C@H]2C(=O)Nc2ccc3ncccc3c2)c(=O)o1. The normalized spacial score (nSPS) is 15.8. The Labute approximate surface area is 237 Å². The fourth-order valence-electron chi connectivity index (χ4n) is 4.82. The summed E-state index contributed by atoms with van der Waals surface area (Å²) in [5.41, 5.74) is 2.01. The number of nitrogens with one attached hydrogen (secondary N) is 1. The van der Waals surface area contributed by atoms with Gasteiger partial charge in [0, 0.05) is 30.1 Å². The summed E-state index contributed by atoms with van der Waals surface area (Å²) >= 11 is 0. The number of carbonyl (C=O) groups is 2. The van der Waals surface area contributed by atoms with E-state index in [1.165, 1.54) is 11.0 Å². The first-order valence-corrected chi connectivity index (χ1v) is 13.8. The Morgan fingerprint density at radius 3 is 2.73 bits per heavy atom. The highest BCUT2D eigenvalue weighted by Crippen LogP contribution is 2.23. The first kappa shape index (κ1) is 27.8. The van der Waals surface area contributed by atoms with Gasteiger partial charge in [0.05, 0.1) is 17.8 Å². The zero-order valence-electron chi connectivity index (χ0n) is 22.9. The van der Waals surface area contributed by atoms with Gasteiger partial charge in [-0.2, -0.15) is 0 Å². The predicted octanol–water partition coefficient (Wildman–Crippen LogP) is 5.35. The van der Waals surface area contributed by atoms with Gasteiger partial charge in [-0.15, -0.1) is 0 Å². The summed E-state index contributed by atoms with van der Waals surface area (Å²) < 4.78 is 5.44. The predicted molar refractivity (Wildman–Crippen MR) is 157 cm³/mol. The quantitative estimate of drug-likeness (QED) is 0.210. The molecule has 210 valence electrons. The maximum absolute atomic E-state index is 13.6. The summed E-state index contributed by atoms with van der Waals surface area (Å²) in [7, 11) is 0. The van der Waals surface area contributed by atoms with Crippen molar-refractivity contribution in [3.05, 3.63) is 106 Å². The van der Waals surface area contributed by atoms with E-state index < -0.39 is 23.5 Å². The van der Waals surface area contributed by atoms with Gasteiger partial charge in [-0.05, 0) is 48.4 Å². The maximum Gasteiger partial charge on any atom is 0.348 e. The van der Waals surface area contributed by atoms with Gasteiger partial charge in [0.2, 0.25) is 5.91 Å². The largest absolute Gasteiger partial charge is 0.427 e. The summed E-state index contributed by atoms with van der Waals surface area (Å²) in [5, 5.41) is 8.02. The third-order valence-corrected chi connectivity index (χ3v) is 7.00. The number of carbonyl (C=O) groups excluding carboxylic acids is 2. The van der Waals surface area contributed by atoms with Crippen LogP contribution < -0.4 is 10.9 Å². The molecular formula is C32H32N4O5. The Morgan fingerprint density at radius 2 is 1.93 bits per heavy atom. The molecule has 0 unspecified atom stereocenters. The molecule has 41 heavy (non-hydrogen) atoms. The Hall–Kier alpha value is -4.79. The van der Waals surface area contributed by atoms with E-state index in [0.717, 1.165) is 35.7 Å². The Morgan fingerprint density at radius 1 is 1.07 bits per heavy atom. The lowest BCUT2D eigenvalue weighted by Gasteiger charge is -2.23. The van der Waals surface area contributed by atoms with Gasteiger partial charge in [-0.3, -0.25) is 14.6 Å². The third-order valence-electron chi connectivity index (χ3n) is 7.00. The van der Waals surface area contributed by atoms with Crippen LogP contribution >= 0.6 is 0 Å². The first-order valence-electron chi connectivity index (χ1n) is 13.8. The Kier molecular flexibility index (Phi) is 8.83. The average Bonchev–Trinajstić information content (AvgIpc) is 3.42. The number of benzene rings is 2. The van der Waals surface area contributed by atoms with Crippen LogP contribution in [-0.2, 0) is 22.7 Å². The molecular weight excluding hydrogens is 520 g/mol. The molecule has 9 heteroatoms. The van der Waals surface area contributed by atoms with Crippen molar-refractivity contribution < 1.29 is 18.8 Å². The van der Waals surface area contributed by atoms with Crippen molar-refractivity contribution in [3.8, 4) is 0 Å². The molecule has 0 bridgehead atoms. The number of pyridine rings is 1. The highest BCUT2D eigenvalue weighted by atomic mass is 16.6. The fourth-order valence-corrected chi connectivity index (χ4v) is 4.82. The lowest BCUT2D eigenvalue weighted by Crippen LogP contribution is -2.44. The van der Waals surface area contributed by atoms with Crippen molar-refractivity contribution in [2.75, 3.05) is 11.9 Å². The topological polar surface area (TPSA) is 114 Å². The lowest BCUT2D eigenvalue weighted by molar-refractivity contribution is -0.119. The Bertz CT molecular complexity index is 1620. The van der Waals surface area contributed by atoms with E-state index in [9.17, 15) is 14.4 Å². The standard InChI is InChI=1S/C32H32N4O5/c1-2-3-5-12-26-14-15-27(32(39)41-26)31(38)36-20-25(35-40-21-22-9-6-4-7-10-22)19-29(36)30(37)34-24-13-16-28-23(18-24)11-8-17-33-28/h4,6-11,13-18,29H,2-3,5,12,19-21H2,1H3,(H,34,37)/t29-/m0/s1. The molecule has 2 aromatic carbocycles.